The molecule has 0 N–H and O–H groups in total. The summed E-state index contributed by atoms with van der Waals surface area (Å²) in [7, 11) is 0. The molecule has 2 fully saturated rings. The van der Waals surface area contributed by atoms with Crippen LogP contribution < -0.4 is 0 Å². The third-order valence-electron chi connectivity index (χ3n) is 4.06. The van der Waals surface area contributed by atoms with Gasteiger partial charge in [0.05, 0.1) is 0 Å². The van der Waals surface area contributed by atoms with Gasteiger partial charge < -0.3 is 4.90 Å². The molecule has 0 spiro atoms. The van der Waals surface area contributed by atoms with Crippen LogP contribution in [0.4, 0.5) is 0 Å². The van der Waals surface area contributed by atoms with Gasteiger partial charge in [0.2, 0.25) is 5.91 Å². The van der Waals surface area contributed by atoms with Crippen LogP contribution in [0.1, 0.15) is 51.4 Å². The van der Waals surface area contributed by atoms with Gasteiger partial charge in [0.25, 0.3) is 0 Å². The van der Waals surface area contributed by atoms with E-state index in [-0.39, 0.29) is 0 Å². The largest absolute Gasteiger partial charge is 0.340 e. The van der Waals surface area contributed by atoms with Crippen LogP contribution in [-0.4, -0.2) is 29.3 Å². The van der Waals surface area contributed by atoms with Gasteiger partial charge in [-0.15, -0.1) is 11.6 Å². The Balaban J connectivity index is 1.78. The molecule has 0 aromatic rings. The minimum Gasteiger partial charge on any atom is -0.340 e. The van der Waals surface area contributed by atoms with Crippen molar-refractivity contribution >= 4 is 17.5 Å². The Morgan fingerprint density at radius 2 is 2.06 bits per heavy atom. The van der Waals surface area contributed by atoms with E-state index in [0.29, 0.717) is 17.9 Å². The normalized spacial score (nSPS) is 25.8. The zero-order valence-corrected chi connectivity index (χ0v) is 10.7. The summed E-state index contributed by atoms with van der Waals surface area (Å²) >= 11 is 5.72. The summed E-state index contributed by atoms with van der Waals surface area (Å²) in [6.07, 6.45) is 9.18. The van der Waals surface area contributed by atoms with E-state index in [1.165, 1.54) is 32.1 Å². The molecule has 1 aliphatic carbocycles. The Labute approximate surface area is 103 Å². The molecule has 2 aliphatic rings. The second-order valence-electron chi connectivity index (χ2n) is 5.22. The number of likely N-dealkylation sites (tertiary alicyclic amines) is 1. The molecule has 1 unspecified atom stereocenters. The fraction of sp³-hybridized carbons (Fsp3) is 0.923. The molecule has 92 valence electrons. The molecule has 1 saturated heterocycles. The first-order valence-electron chi connectivity index (χ1n) is 6.66. The van der Waals surface area contributed by atoms with Gasteiger partial charge in [-0.25, -0.2) is 0 Å². The molecule has 0 radical (unpaired) electrons. The predicted octanol–water partition coefficient (Wildman–Crippen LogP) is 3.19. The molecule has 0 bridgehead atoms. The van der Waals surface area contributed by atoms with Gasteiger partial charge in [0.1, 0.15) is 0 Å². The van der Waals surface area contributed by atoms with Gasteiger partial charge >= 0.3 is 0 Å². The molecular weight excluding hydrogens is 222 g/mol. The SMILES string of the molecule is O=C(CC1CCC1)N1CCCC1CCCCl. The molecule has 1 atom stereocenters. The van der Waals surface area contributed by atoms with E-state index in [1.54, 1.807) is 0 Å². The molecule has 1 heterocycles. The smallest absolute Gasteiger partial charge is 0.223 e. The van der Waals surface area contributed by atoms with Crippen molar-refractivity contribution < 1.29 is 4.79 Å². The van der Waals surface area contributed by atoms with Crippen LogP contribution in [0.15, 0.2) is 0 Å². The van der Waals surface area contributed by atoms with E-state index in [2.05, 4.69) is 4.90 Å². The fourth-order valence-electron chi connectivity index (χ4n) is 2.84. The van der Waals surface area contributed by atoms with Crippen LogP contribution in [0.3, 0.4) is 0 Å². The third kappa shape index (κ3) is 2.91. The average molecular weight is 244 g/mol. The summed E-state index contributed by atoms with van der Waals surface area (Å²) in [5.74, 6) is 1.82. The number of amides is 1. The molecule has 2 nitrogen and oxygen atoms in total. The monoisotopic (exact) mass is 243 g/mol. The topological polar surface area (TPSA) is 20.3 Å². The summed E-state index contributed by atoms with van der Waals surface area (Å²) in [6, 6.07) is 0.492. The number of halogens is 1. The Morgan fingerprint density at radius 1 is 1.25 bits per heavy atom. The van der Waals surface area contributed by atoms with Crippen LogP contribution in [-0.2, 0) is 4.79 Å². The molecule has 1 saturated carbocycles. The lowest BCUT2D eigenvalue weighted by atomic mass is 9.82. The number of hydrogen-bond acceptors (Lipinski definition) is 1. The van der Waals surface area contributed by atoms with E-state index < -0.39 is 0 Å². The summed E-state index contributed by atoms with van der Waals surface area (Å²) in [6.45, 7) is 0.985. The van der Waals surface area contributed by atoms with Gasteiger partial charge in [-0.2, -0.15) is 0 Å². The standard InChI is InChI=1S/C13H22ClNO/c14-8-2-6-12-7-3-9-15(12)13(16)10-11-4-1-5-11/h11-12H,1-10H2. The molecule has 0 aromatic carbocycles. The zero-order valence-electron chi connectivity index (χ0n) is 9.96. The van der Waals surface area contributed by atoms with Crippen molar-refractivity contribution in [2.75, 3.05) is 12.4 Å². The number of alkyl halides is 1. The number of rotatable bonds is 5. The molecular formula is C13H22ClNO. The highest BCUT2D eigenvalue weighted by Gasteiger charge is 2.30. The van der Waals surface area contributed by atoms with Crippen LogP contribution in [0, 0.1) is 5.92 Å². The molecule has 1 amide bonds. The third-order valence-corrected chi connectivity index (χ3v) is 4.32. The summed E-state index contributed by atoms with van der Waals surface area (Å²) < 4.78 is 0. The van der Waals surface area contributed by atoms with Crippen molar-refractivity contribution in [2.24, 2.45) is 5.92 Å². The van der Waals surface area contributed by atoms with Gasteiger partial charge in [0.15, 0.2) is 0 Å². The van der Waals surface area contributed by atoms with Crippen LogP contribution in [0.2, 0.25) is 0 Å². The second-order valence-corrected chi connectivity index (χ2v) is 5.59. The summed E-state index contributed by atoms with van der Waals surface area (Å²) in [5, 5.41) is 0. The van der Waals surface area contributed by atoms with Gasteiger partial charge in [-0.05, 0) is 44.4 Å². The minimum absolute atomic E-state index is 0.404. The Kier molecular flexibility index (Phi) is 4.51. The molecule has 0 aromatic heterocycles. The van der Waals surface area contributed by atoms with Crippen molar-refractivity contribution in [1.82, 2.24) is 4.90 Å². The van der Waals surface area contributed by atoms with Crippen LogP contribution >= 0.6 is 11.6 Å². The first kappa shape index (κ1) is 12.2. The quantitative estimate of drug-likeness (QED) is 0.680. The fourth-order valence-corrected chi connectivity index (χ4v) is 2.99. The van der Waals surface area contributed by atoms with E-state index in [9.17, 15) is 4.79 Å². The van der Waals surface area contributed by atoms with Crippen molar-refractivity contribution in [3.63, 3.8) is 0 Å². The summed E-state index contributed by atoms with van der Waals surface area (Å²) in [4.78, 5) is 14.2. The highest BCUT2D eigenvalue weighted by atomic mass is 35.5. The van der Waals surface area contributed by atoms with Gasteiger partial charge in [-0.1, -0.05) is 6.42 Å². The number of hydrogen-bond donors (Lipinski definition) is 0. The zero-order chi connectivity index (χ0) is 11.4. The second kappa shape index (κ2) is 5.90. The average Bonchev–Trinajstić information content (AvgIpc) is 2.68. The van der Waals surface area contributed by atoms with Gasteiger partial charge in [0, 0.05) is 24.9 Å². The van der Waals surface area contributed by atoms with E-state index in [4.69, 9.17) is 11.6 Å². The van der Waals surface area contributed by atoms with E-state index in [1.807, 2.05) is 0 Å². The van der Waals surface area contributed by atoms with Crippen LogP contribution in [0.25, 0.3) is 0 Å². The van der Waals surface area contributed by atoms with E-state index >= 15 is 0 Å². The first-order valence-corrected chi connectivity index (χ1v) is 7.20. The van der Waals surface area contributed by atoms with E-state index in [0.717, 1.165) is 31.7 Å². The van der Waals surface area contributed by atoms with Crippen molar-refractivity contribution in [3.05, 3.63) is 0 Å². The lowest BCUT2D eigenvalue weighted by Gasteiger charge is -2.30. The lowest BCUT2D eigenvalue weighted by Crippen LogP contribution is -2.37. The number of carbonyl (C=O) groups excluding carboxylic acids is 1. The molecule has 2 rings (SSSR count). The molecule has 3 heteroatoms. The maximum atomic E-state index is 12.1. The maximum Gasteiger partial charge on any atom is 0.223 e. The lowest BCUT2D eigenvalue weighted by molar-refractivity contribution is -0.133. The Hall–Kier alpha value is -0.240. The highest BCUT2D eigenvalue weighted by Crippen LogP contribution is 2.31. The molecule has 16 heavy (non-hydrogen) atoms. The molecule has 1 aliphatic heterocycles. The predicted molar refractivity (Wildman–Crippen MR) is 66.6 cm³/mol. The van der Waals surface area contributed by atoms with Crippen LogP contribution in [0.5, 0.6) is 0 Å². The van der Waals surface area contributed by atoms with Crippen molar-refractivity contribution in [2.45, 2.75) is 57.4 Å². The van der Waals surface area contributed by atoms with Crippen molar-refractivity contribution in [3.8, 4) is 0 Å². The maximum absolute atomic E-state index is 12.1. The summed E-state index contributed by atoms with van der Waals surface area (Å²) in [5.41, 5.74) is 0. The highest BCUT2D eigenvalue weighted by molar-refractivity contribution is 6.17. The number of carbonyl (C=O) groups is 1. The Morgan fingerprint density at radius 3 is 2.69 bits per heavy atom. The first-order chi connectivity index (χ1) is 7.81. The van der Waals surface area contributed by atoms with Gasteiger partial charge in [-0.3, -0.25) is 4.79 Å². The Bertz CT molecular complexity index is 240. The number of nitrogens with zero attached hydrogens (tertiary/aromatic N) is 1. The minimum atomic E-state index is 0.404. The van der Waals surface area contributed by atoms with Crippen molar-refractivity contribution in [1.29, 1.82) is 0 Å².